The second kappa shape index (κ2) is 19.2. The first kappa shape index (κ1) is 42.4. The van der Waals surface area contributed by atoms with Crippen molar-refractivity contribution in [1.29, 1.82) is 0 Å². The first-order valence-electron chi connectivity index (χ1n) is 17.0. The highest BCUT2D eigenvalue weighted by Crippen LogP contribution is 2.39. The van der Waals surface area contributed by atoms with Gasteiger partial charge in [0.1, 0.15) is 11.5 Å². The zero-order valence-corrected chi connectivity index (χ0v) is 33.3. The lowest BCUT2D eigenvalue weighted by Crippen LogP contribution is -2.43. The Morgan fingerprint density at radius 1 is 0.800 bits per heavy atom. The monoisotopic (exact) mass is 820 g/mol. The Balaban J connectivity index is 0.000000222. The van der Waals surface area contributed by atoms with E-state index >= 15 is 0 Å². The Kier molecular flexibility index (Phi) is 16.3. The van der Waals surface area contributed by atoms with Gasteiger partial charge in [-0.15, -0.1) is 35.6 Å². The number of hydrogen-bond donors (Lipinski definition) is 3. The van der Waals surface area contributed by atoms with Crippen LogP contribution in [-0.2, 0) is 9.59 Å². The van der Waals surface area contributed by atoms with Gasteiger partial charge in [-0.3, -0.25) is 9.59 Å². The summed E-state index contributed by atoms with van der Waals surface area (Å²) in [5.41, 5.74) is 2.58. The number of aliphatic hydroxyl groups is 2. The first-order chi connectivity index (χ1) is 23.4. The van der Waals surface area contributed by atoms with Crippen LogP contribution in [-0.4, -0.2) is 100 Å². The number of carbonyl (C=O) groups is 2. The van der Waals surface area contributed by atoms with Gasteiger partial charge < -0.3 is 39.7 Å². The molecule has 4 aliphatic heterocycles. The van der Waals surface area contributed by atoms with Crippen LogP contribution in [0, 0.1) is 22.7 Å². The van der Waals surface area contributed by atoms with Crippen LogP contribution in [0.15, 0.2) is 40.9 Å². The standard InChI is InChI=1S/C18H25ClN2O3.C11H12BrNO2.C7H14ClNO.ClH/c1-13-10-24-16-4-3-14(9-15(16)20(2)17(13)23)21-7-5-18(11-19,12-22)6-8-21;1-7-6-15-10-4-3-8(12)5-9(10)13(2)11(7)14;8-5-7(6-10)1-3-9-4-2-7;/h3-4,9,13,22H,5-8,10-12H2,1-2H3;3-5,7H,6H2,1-2H3;9-10H,1-6H2;1H/t13-;7-;;/m00../s1. The number of ether oxygens (including phenoxy) is 2. The highest BCUT2D eigenvalue weighted by Gasteiger charge is 2.34. The van der Waals surface area contributed by atoms with E-state index in [1.165, 1.54) is 0 Å². The van der Waals surface area contributed by atoms with E-state index in [0.717, 1.165) is 84.9 Å². The number of benzene rings is 2. The van der Waals surface area contributed by atoms with E-state index in [4.69, 9.17) is 37.8 Å². The topological polar surface area (TPSA) is 115 Å². The predicted molar refractivity (Wildman–Crippen MR) is 208 cm³/mol. The van der Waals surface area contributed by atoms with Crippen molar-refractivity contribution in [1.82, 2.24) is 5.32 Å². The average Bonchev–Trinajstić information content (AvgIpc) is 3.32. The van der Waals surface area contributed by atoms with E-state index < -0.39 is 0 Å². The Morgan fingerprint density at radius 3 is 1.72 bits per heavy atom. The van der Waals surface area contributed by atoms with E-state index in [1.807, 2.05) is 50.2 Å². The van der Waals surface area contributed by atoms with Crippen LogP contribution in [0.4, 0.5) is 17.1 Å². The molecule has 2 saturated heterocycles. The maximum atomic E-state index is 12.3. The van der Waals surface area contributed by atoms with E-state index in [9.17, 15) is 14.7 Å². The third-order valence-electron chi connectivity index (χ3n) is 10.2. The smallest absolute Gasteiger partial charge is 0.233 e. The number of carbonyl (C=O) groups excluding carboxylic acids is 2. The molecule has 0 unspecified atom stereocenters. The molecule has 4 aliphatic rings. The molecule has 2 aromatic rings. The summed E-state index contributed by atoms with van der Waals surface area (Å²) >= 11 is 15.2. The zero-order chi connectivity index (χ0) is 35.8. The third-order valence-corrected chi connectivity index (χ3v) is 11.8. The largest absolute Gasteiger partial charge is 0.491 e. The van der Waals surface area contributed by atoms with E-state index in [2.05, 4.69) is 26.1 Å². The number of amides is 2. The number of hydrogen-bond acceptors (Lipinski definition) is 8. The summed E-state index contributed by atoms with van der Waals surface area (Å²) in [6.07, 6.45) is 3.75. The number of anilines is 3. The van der Waals surface area contributed by atoms with Gasteiger partial charge in [0, 0.05) is 73.1 Å². The van der Waals surface area contributed by atoms with E-state index in [0.29, 0.717) is 25.0 Å². The minimum Gasteiger partial charge on any atom is -0.491 e. The van der Waals surface area contributed by atoms with Gasteiger partial charge in [0.25, 0.3) is 0 Å². The summed E-state index contributed by atoms with van der Waals surface area (Å²) in [5.74, 6) is 2.52. The van der Waals surface area contributed by atoms with Crippen LogP contribution in [0.5, 0.6) is 11.5 Å². The fourth-order valence-corrected chi connectivity index (χ4v) is 7.35. The lowest BCUT2D eigenvalue weighted by atomic mass is 9.81. The molecule has 6 rings (SSSR count). The number of aliphatic hydroxyl groups excluding tert-OH is 2. The zero-order valence-electron chi connectivity index (χ0n) is 29.4. The minimum atomic E-state index is -0.158. The van der Waals surface area contributed by atoms with Crippen LogP contribution >= 0.6 is 51.5 Å². The maximum Gasteiger partial charge on any atom is 0.233 e. The molecule has 0 aliphatic carbocycles. The molecule has 3 N–H and O–H groups in total. The quantitative estimate of drug-likeness (QED) is 0.318. The Morgan fingerprint density at radius 2 is 1.26 bits per heavy atom. The van der Waals surface area contributed by atoms with Gasteiger partial charge in [0.15, 0.2) is 0 Å². The van der Waals surface area contributed by atoms with Crippen molar-refractivity contribution in [3.05, 3.63) is 40.9 Å². The second-order valence-corrected chi connectivity index (χ2v) is 15.3. The number of piperidine rings is 2. The molecule has 280 valence electrons. The van der Waals surface area contributed by atoms with Crippen molar-refractivity contribution in [2.24, 2.45) is 22.7 Å². The van der Waals surface area contributed by atoms with Crippen molar-refractivity contribution in [2.75, 3.05) is 93.2 Å². The first-order valence-corrected chi connectivity index (χ1v) is 18.8. The molecule has 0 bridgehead atoms. The number of rotatable bonds is 5. The highest BCUT2D eigenvalue weighted by atomic mass is 79.9. The normalized spacial score (nSPS) is 22.4. The highest BCUT2D eigenvalue weighted by molar-refractivity contribution is 9.10. The molecule has 0 aromatic heterocycles. The van der Waals surface area contributed by atoms with Crippen LogP contribution in [0.3, 0.4) is 0 Å². The molecule has 2 atom stereocenters. The fourth-order valence-electron chi connectivity index (χ4n) is 6.30. The van der Waals surface area contributed by atoms with Crippen LogP contribution in [0.2, 0.25) is 0 Å². The molecule has 0 spiro atoms. The van der Waals surface area contributed by atoms with Gasteiger partial charge >= 0.3 is 0 Å². The lowest BCUT2D eigenvalue weighted by Gasteiger charge is -2.40. The second-order valence-electron chi connectivity index (χ2n) is 13.8. The molecule has 2 aromatic carbocycles. The van der Waals surface area contributed by atoms with Gasteiger partial charge in [0.05, 0.1) is 36.4 Å². The van der Waals surface area contributed by atoms with Crippen LogP contribution < -0.4 is 29.5 Å². The summed E-state index contributed by atoms with van der Waals surface area (Å²) < 4.78 is 12.3. The molecule has 10 nitrogen and oxygen atoms in total. The number of nitrogens with zero attached hydrogens (tertiary/aromatic N) is 3. The van der Waals surface area contributed by atoms with Crippen molar-refractivity contribution in [3.63, 3.8) is 0 Å². The summed E-state index contributed by atoms with van der Waals surface area (Å²) in [6.45, 7) is 8.67. The Labute approximate surface area is 321 Å². The fraction of sp³-hybridized carbons (Fsp3) is 0.611. The van der Waals surface area contributed by atoms with Gasteiger partial charge in [-0.05, 0) is 75.2 Å². The molecule has 0 radical (unpaired) electrons. The van der Waals surface area contributed by atoms with Crippen LogP contribution in [0.1, 0.15) is 39.5 Å². The summed E-state index contributed by atoms with van der Waals surface area (Å²) in [6, 6.07) is 11.7. The summed E-state index contributed by atoms with van der Waals surface area (Å²) in [7, 11) is 3.58. The SMILES string of the molecule is C[C@H]1COc2ccc(Br)cc2N(C)C1=O.C[C@H]1COc2ccc(N3CCC(CO)(CCl)CC3)cc2N(C)C1=O.Cl.OCC1(CCl)CCNCC1. The van der Waals surface area contributed by atoms with Crippen molar-refractivity contribution in [3.8, 4) is 11.5 Å². The molecule has 2 fully saturated rings. The molecule has 14 heteroatoms. The molecule has 50 heavy (non-hydrogen) atoms. The lowest BCUT2D eigenvalue weighted by molar-refractivity contribution is -0.122. The molecule has 2 amide bonds. The molecular weight excluding hydrogens is 771 g/mol. The predicted octanol–water partition coefficient (Wildman–Crippen LogP) is 5.95. The maximum absolute atomic E-state index is 12.3. The van der Waals surface area contributed by atoms with Crippen molar-refractivity contribution in [2.45, 2.75) is 39.5 Å². The number of fused-ring (bicyclic) bond motifs is 2. The molecular formula is C36H52BrCl3N4O6. The van der Waals surface area contributed by atoms with E-state index in [-0.39, 0.29) is 60.1 Å². The third kappa shape index (κ3) is 10.1. The number of halogens is 4. The molecule has 4 heterocycles. The number of nitrogens with one attached hydrogen (secondary N) is 1. The van der Waals surface area contributed by atoms with Crippen molar-refractivity contribution >= 4 is 80.4 Å². The van der Waals surface area contributed by atoms with Crippen molar-refractivity contribution < 1.29 is 29.3 Å². The minimum absolute atomic E-state index is 0. The van der Waals surface area contributed by atoms with Gasteiger partial charge in [-0.2, -0.15) is 0 Å². The Hall–Kier alpha value is -1.99. The van der Waals surface area contributed by atoms with E-state index in [1.54, 1.807) is 23.9 Å². The summed E-state index contributed by atoms with van der Waals surface area (Å²) in [5, 5.41) is 21.9. The van der Waals surface area contributed by atoms with Gasteiger partial charge in [-0.1, -0.05) is 29.8 Å². The average molecular weight is 823 g/mol. The van der Waals surface area contributed by atoms with Gasteiger partial charge in [-0.25, -0.2) is 0 Å². The van der Waals surface area contributed by atoms with Gasteiger partial charge in [0.2, 0.25) is 11.8 Å². The molecule has 0 saturated carbocycles. The number of alkyl halides is 2. The van der Waals surface area contributed by atoms with Crippen LogP contribution in [0.25, 0.3) is 0 Å². The summed E-state index contributed by atoms with van der Waals surface area (Å²) in [4.78, 5) is 29.8. The Bertz CT molecular complexity index is 1410.